The maximum absolute atomic E-state index is 13.5. The van der Waals surface area contributed by atoms with Crippen LogP contribution in [0.3, 0.4) is 0 Å². The average molecular weight is 220 g/mol. The lowest BCUT2D eigenvalue weighted by Crippen LogP contribution is -2.09. The van der Waals surface area contributed by atoms with Crippen LogP contribution in [0.1, 0.15) is 17.2 Å². The summed E-state index contributed by atoms with van der Waals surface area (Å²) < 4.78 is 18.7. The molecule has 84 valence electrons. The molecule has 0 aliphatic carbocycles. The third kappa shape index (κ3) is 2.31. The largest absolute Gasteiger partial charge is 0.469 e. The van der Waals surface area contributed by atoms with Crippen molar-refractivity contribution in [3.05, 3.63) is 59.8 Å². The van der Waals surface area contributed by atoms with Crippen LogP contribution >= 0.6 is 0 Å². The standard InChI is InChI=1S/C13H13FO2/c14-13-6-2-1-5-12(13)10(9-15)8-11-4-3-7-16-11/h1-7,10,15H,8-9H2. The number of aliphatic hydroxyl groups excluding tert-OH is 1. The van der Waals surface area contributed by atoms with Crippen LogP contribution in [0.5, 0.6) is 0 Å². The van der Waals surface area contributed by atoms with Crippen molar-refractivity contribution < 1.29 is 13.9 Å². The number of hydrogen-bond donors (Lipinski definition) is 1. The second-order valence-corrected chi connectivity index (χ2v) is 3.68. The van der Waals surface area contributed by atoms with Gasteiger partial charge < -0.3 is 9.52 Å². The minimum atomic E-state index is -0.284. The molecule has 0 aliphatic heterocycles. The highest BCUT2D eigenvalue weighted by molar-refractivity contribution is 5.23. The molecule has 16 heavy (non-hydrogen) atoms. The zero-order valence-electron chi connectivity index (χ0n) is 8.77. The van der Waals surface area contributed by atoms with E-state index in [0.29, 0.717) is 12.0 Å². The summed E-state index contributed by atoms with van der Waals surface area (Å²) in [6.45, 7) is -0.0956. The lowest BCUT2D eigenvalue weighted by atomic mass is 9.95. The second kappa shape index (κ2) is 4.94. The molecule has 0 saturated heterocycles. The Labute approximate surface area is 93.3 Å². The van der Waals surface area contributed by atoms with E-state index in [1.54, 1.807) is 30.5 Å². The van der Waals surface area contributed by atoms with Crippen molar-refractivity contribution in [3.63, 3.8) is 0 Å². The molecule has 0 bridgehead atoms. The Morgan fingerprint density at radius 3 is 2.62 bits per heavy atom. The first kappa shape index (κ1) is 10.9. The van der Waals surface area contributed by atoms with Crippen molar-refractivity contribution >= 4 is 0 Å². The van der Waals surface area contributed by atoms with Gasteiger partial charge in [0.25, 0.3) is 0 Å². The molecule has 2 rings (SSSR count). The summed E-state index contributed by atoms with van der Waals surface area (Å²) in [6, 6.07) is 10.1. The van der Waals surface area contributed by atoms with Gasteiger partial charge in [-0.2, -0.15) is 0 Å². The molecule has 1 aromatic heterocycles. The molecule has 1 unspecified atom stereocenters. The zero-order valence-corrected chi connectivity index (χ0v) is 8.77. The summed E-state index contributed by atoms with van der Waals surface area (Å²) in [5.41, 5.74) is 0.529. The molecular weight excluding hydrogens is 207 g/mol. The highest BCUT2D eigenvalue weighted by atomic mass is 19.1. The van der Waals surface area contributed by atoms with Crippen molar-refractivity contribution in [1.29, 1.82) is 0 Å². The number of halogens is 1. The maximum Gasteiger partial charge on any atom is 0.126 e. The van der Waals surface area contributed by atoms with Gasteiger partial charge in [-0.1, -0.05) is 18.2 Å². The van der Waals surface area contributed by atoms with E-state index in [0.717, 1.165) is 5.76 Å². The lowest BCUT2D eigenvalue weighted by Gasteiger charge is -2.13. The SMILES string of the molecule is OCC(Cc1ccco1)c1ccccc1F. The molecule has 1 heterocycles. The molecule has 0 amide bonds. The molecular formula is C13H13FO2. The van der Waals surface area contributed by atoms with Crippen LogP contribution in [0.15, 0.2) is 47.1 Å². The van der Waals surface area contributed by atoms with Gasteiger partial charge in [-0.15, -0.1) is 0 Å². The van der Waals surface area contributed by atoms with Crippen LogP contribution in [-0.2, 0) is 6.42 Å². The summed E-state index contributed by atoms with van der Waals surface area (Å²) in [7, 11) is 0. The minimum Gasteiger partial charge on any atom is -0.469 e. The molecule has 0 spiro atoms. The Morgan fingerprint density at radius 2 is 2.00 bits per heavy atom. The maximum atomic E-state index is 13.5. The third-order valence-corrected chi connectivity index (χ3v) is 2.59. The van der Waals surface area contributed by atoms with Gasteiger partial charge in [0.2, 0.25) is 0 Å². The quantitative estimate of drug-likeness (QED) is 0.859. The van der Waals surface area contributed by atoms with Crippen molar-refractivity contribution in [3.8, 4) is 0 Å². The summed E-state index contributed by atoms with van der Waals surface area (Å²) in [4.78, 5) is 0. The molecule has 0 saturated carbocycles. The monoisotopic (exact) mass is 220 g/mol. The van der Waals surface area contributed by atoms with E-state index in [9.17, 15) is 9.50 Å². The smallest absolute Gasteiger partial charge is 0.126 e. The molecule has 3 heteroatoms. The highest BCUT2D eigenvalue weighted by Crippen LogP contribution is 2.23. The van der Waals surface area contributed by atoms with E-state index < -0.39 is 0 Å². The Kier molecular flexibility index (Phi) is 3.37. The summed E-state index contributed by atoms with van der Waals surface area (Å²) >= 11 is 0. The number of hydrogen-bond acceptors (Lipinski definition) is 2. The fraction of sp³-hybridized carbons (Fsp3) is 0.231. The van der Waals surface area contributed by atoms with Crippen LogP contribution in [-0.4, -0.2) is 11.7 Å². The topological polar surface area (TPSA) is 33.4 Å². The molecule has 1 aromatic carbocycles. The molecule has 0 radical (unpaired) electrons. The summed E-state index contributed by atoms with van der Waals surface area (Å²) in [5, 5.41) is 9.29. The van der Waals surface area contributed by atoms with Crippen molar-refractivity contribution in [2.24, 2.45) is 0 Å². The number of rotatable bonds is 4. The second-order valence-electron chi connectivity index (χ2n) is 3.68. The van der Waals surface area contributed by atoms with Gasteiger partial charge in [0.1, 0.15) is 11.6 Å². The average Bonchev–Trinajstić information content (AvgIpc) is 2.80. The van der Waals surface area contributed by atoms with Gasteiger partial charge in [-0.05, 0) is 23.8 Å². The third-order valence-electron chi connectivity index (χ3n) is 2.59. The van der Waals surface area contributed by atoms with Gasteiger partial charge >= 0.3 is 0 Å². The summed E-state index contributed by atoms with van der Waals surface area (Å²) in [5.74, 6) is 0.211. The predicted molar refractivity (Wildman–Crippen MR) is 58.6 cm³/mol. The predicted octanol–water partition coefficient (Wildman–Crippen LogP) is 2.74. The summed E-state index contributed by atoms with van der Waals surface area (Å²) in [6.07, 6.45) is 2.08. The number of benzene rings is 1. The first-order valence-corrected chi connectivity index (χ1v) is 5.19. The first-order valence-electron chi connectivity index (χ1n) is 5.19. The number of furan rings is 1. The molecule has 2 nitrogen and oxygen atoms in total. The Balaban J connectivity index is 2.20. The molecule has 0 aliphatic rings. The van der Waals surface area contributed by atoms with Crippen LogP contribution < -0.4 is 0 Å². The van der Waals surface area contributed by atoms with Crippen LogP contribution in [0.2, 0.25) is 0 Å². The van der Waals surface area contributed by atoms with E-state index >= 15 is 0 Å². The first-order chi connectivity index (χ1) is 7.81. The Bertz CT molecular complexity index is 437. The number of aliphatic hydroxyl groups is 1. The van der Waals surface area contributed by atoms with Gasteiger partial charge in [0, 0.05) is 12.3 Å². The van der Waals surface area contributed by atoms with Gasteiger partial charge in [-0.25, -0.2) is 4.39 Å². The van der Waals surface area contributed by atoms with E-state index in [1.807, 2.05) is 6.07 Å². The molecule has 1 N–H and O–H groups in total. The van der Waals surface area contributed by atoms with Gasteiger partial charge in [-0.3, -0.25) is 0 Å². The normalized spacial score (nSPS) is 12.6. The van der Waals surface area contributed by atoms with Crippen LogP contribution in [0.25, 0.3) is 0 Å². The molecule has 2 aromatic rings. The van der Waals surface area contributed by atoms with Crippen LogP contribution in [0, 0.1) is 5.82 Å². The molecule has 1 atom stereocenters. The van der Waals surface area contributed by atoms with Gasteiger partial charge in [0.15, 0.2) is 0 Å². The van der Waals surface area contributed by atoms with Crippen molar-refractivity contribution in [2.45, 2.75) is 12.3 Å². The Hall–Kier alpha value is -1.61. The fourth-order valence-electron chi connectivity index (χ4n) is 1.75. The fourth-order valence-corrected chi connectivity index (χ4v) is 1.75. The van der Waals surface area contributed by atoms with E-state index in [2.05, 4.69) is 0 Å². The van der Waals surface area contributed by atoms with E-state index in [-0.39, 0.29) is 18.3 Å². The zero-order chi connectivity index (χ0) is 11.4. The lowest BCUT2D eigenvalue weighted by molar-refractivity contribution is 0.256. The van der Waals surface area contributed by atoms with Crippen molar-refractivity contribution in [2.75, 3.05) is 6.61 Å². The van der Waals surface area contributed by atoms with Crippen molar-refractivity contribution in [1.82, 2.24) is 0 Å². The highest BCUT2D eigenvalue weighted by Gasteiger charge is 2.16. The van der Waals surface area contributed by atoms with E-state index in [1.165, 1.54) is 6.07 Å². The van der Waals surface area contributed by atoms with E-state index in [4.69, 9.17) is 4.42 Å². The Morgan fingerprint density at radius 1 is 1.19 bits per heavy atom. The van der Waals surface area contributed by atoms with Crippen LogP contribution in [0.4, 0.5) is 4.39 Å². The minimum absolute atomic E-state index is 0.0956. The molecule has 0 fully saturated rings. The van der Waals surface area contributed by atoms with Gasteiger partial charge in [0.05, 0.1) is 12.9 Å².